The molecule has 2 aromatic rings. The first-order valence-corrected chi connectivity index (χ1v) is 7.59. The van der Waals surface area contributed by atoms with Gasteiger partial charge in [-0.3, -0.25) is 0 Å². The average molecular weight is 285 g/mol. The summed E-state index contributed by atoms with van der Waals surface area (Å²) in [6.45, 7) is 7.14. The molecule has 2 rings (SSSR count). The second kappa shape index (κ2) is 7.37. The molecule has 0 heterocycles. The highest BCUT2D eigenvalue weighted by Gasteiger charge is 2.13. The molecular formula is C19H24FN. The lowest BCUT2D eigenvalue weighted by atomic mass is 9.91. The molecule has 1 N–H and O–H groups in total. The summed E-state index contributed by atoms with van der Waals surface area (Å²) in [5.74, 6) is 0.212. The lowest BCUT2D eigenvalue weighted by Gasteiger charge is -2.20. The van der Waals surface area contributed by atoms with Crippen LogP contribution in [-0.2, 0) is 6.42 Å². The van der Waals surface area contributed by atoms with Gasteiger partial charge in [0.15, 0.2) is 0 Å². The van der Waals surface area contributed by atoms with Gasteiger partial charge in [0.1, 0.15) is 5.82 Å². The van der Waals surface area contributed by atoms with Gasteiger partial charge in [0.2, 0.25) is 0 Å². The smallest absolute Gasteiger partial charge is 0.123 e. The molecule has 112 valence electrons. The molecule has 0 spiro atoms. The average Bonchev–Trinajstić information content (AvgIpc) is 2.43. The summed E-state index contributed by atoms with van der Waals surface area (Å²) < 4.78 is 13.6. The molecule has 0 bridgehead atoms. The fraction of sp³-hybridized carbons (Fsp3) is 0.368. The lowest BCUT2D eigenvalue weighted by molar-refractivity contribution is 0.525. The normalized spacial score (nSPS) is 12.6. The van der Waals surface area contributed by atoms with Crippen LogP contribution in [0.4, 0.5) is 4.39 Å². The topological polar surface area (TPSA) is 12.0 Å². The quantitative estimate of drug-likeness (QED) is 0.826. The maximum atomic E-state index is 13.6. The summed E-state index contributed by atoms with van der Waals surface area (Å²) in [5.41, 5.74) is 3.34. The van der Waals surface area contributed by atoms with Gasteiger partial charge in [-0.2, -0.15) is 0 Å². The van der Waals surface area contributed by atoms with E-state index in [9.17, 15) is 4.39 Å². The van der Waals surface area contributed by atoms with E-state index in [2.05, 4.69) is 49.5 Å². The number of benzene rings is 2. The van der Waals surface area contributed by atoms with E-state index >= 15 is 0 Å². The summed E-state index contributed by atoms with van der Waals surface area (Å²) in [7, 11) is 0. The second-order valence-corrected chi connectivity index (χ2v) is 6.01. The first kappa shape index (κ1) is 15.7. The Morgan fingerprint density at radius 2 is 1.76 bits per heavy atom. The minimum Gasteiger partial charge on any atom is -0.314 e. The van der Waals surface area contributed by atoms with Crippen molar-refractivity contribution >= 4 is 0 Å². The first-order chi connectivity index (χ1) is 10.0. The molecule has 0 amide bonds. The molecule has 0 aliphatic carbocycles. The second-order valence-electron chi connectivity index (χ2n) is 6.01. The molecule has 1 unspecified atom stereocenters. The van der Waals surface area contributed by atoms with E-state index in [1.165, 1.54) is 5.56 Å². The third-order valence-electron chi connectivity index (χ3n) is 3.63. The highest BCUT2D eigenvalue weighted by Crippen LogP contribution is 2.22. The molecule has 2 heteroatoms. The summed E-state index contributed by atoms with van der Waals surface area (Å²) >= 11 is 0. The van der Waals surface area contributed by atoms with Crippen LogP contribution in [0.25, 0.3) is 0 Å². The van der Waals surface area contributed by atoms with Crippen LogP contribution in [0.2, 0.25) is 0 Å². The van der Waals surface area contributed by atoms with Gasteiger partial charge >= 0.3 is 0 Å². The molecule has 1 atom stereocenters. The molecule has 0 aliphatic rings. The van der Waals surface area contributed by atoms with Crippen LogP contribution in [0.3, 0.4) is 0 Å². The minimum atomic E-state index is -0.145. The van der Waals surface area contributed by atoms with E-state index < -0.39 is 0 Å². The molecule has 0 aromatic heterocycles. The van der Waals surface area contributed by atoms with Gasteiger partial charge in [0, 0.05) is 18.5 Å². The van der Waals surface area contributed by atoms with Gasteiger partial charge in [0.05, 0.1) is 0 Å². The largest absolute Gasteiger partial charge is 0.314 e. The molecular weight excluding hydrogens is 261 g/mol. The van der Waals surface area contributed by atoms with Gasteiger partial charge < -0.3 is 5.32 Å². The fourth-order valence-electron chi connectivity index (χ4n) is 2.63. The van der Waals surface area contributed by atoms with Crippen molar-refractivity contribution < 1.29 is 4.39 Å². The number of rotatable bonds is 6. The Balaban J connectivity index is 2.19. The van der Waals surface area contributed by atoms with Crippen molar-refractivity contribution in [2.45, 2.75) is 39.2 Å². The molecule has 21 heavy (non-hydrogen) atoms. The van der Waals surface area contributed by atoms with Crippen molar-refractivity contribution in [3.63, 3.8) is 0 Å². The van der Waals surface area contributed by atoms with Crippen molar-refractivity contribution in [2.75, 3.05) is 6.54 Å². The Bertz CT molecular complexity index is 543. The molecule has 1 nitrogen and oxygen atoms in total. The molecule has 2 aromatic carbocycles. The van der Waals surface area contributed by atoms with Gasteiger partial charge in [-0.05, 0) is 42.2 Å². The van der Waals surface area contributed by atoms with E-state index in [0.29, 0.717) is 12.0 Å². The first-order valence-electron chi connectivity index (χ1n) is 7.59. The van der Waals surface area contributed by atoms with Crippen molar-refractivity contribution in [1.82, 2.24) is 5.32 Å². The Morgan fingerprint density at radius 3 is 2.38 bits per heavy atom. The van der Waals surface area contributed by atoms with Crippen molar-refractivity contribution in [3.05, 3.63) is 71.0 Å². The maximum Gasteiger partial charge on any atom is 0.123 e. The Labute approximate surface area is 127 Å². The van der Waals surface area contributed by atoms with Crippen molar-refractivity contribution in [3.8, 4) is 0 Å². The van der Waals surface area contributed by atoms with Gasteiger partial charge in [-0.25, -0.2) is 4.39 Å². The van der Waals surface area contributed by atoms with E-state index in [4.69, 9.17) is 0 Å². The molecule has 0 radical (unpaired) electrons. The SMILES string of the molecule is Cc1cc(F)cc(CC(CNC(C)C)c2ccccc2)c1. The molecule has 0 fully saturated rings. The van der Waals surface area contributed by atoms with Gasteiger partial charge in [-0.1, -0.05) is 50.2 Å². The highest BCUT2D eigenvalue weighted by atomic mass is 19.1. The van der Waals surface area contributed by atoms with Crippen LogP contribution in [0.15, 0.2) is 48.5 Å². The third-order valence-corrected chi connectivity index (χ3v) is 3.63. The summed E-state index contributed by atoms with van der Waals surface area (Å²) in [4.78, 5) is 0. The third kappa shape index (κ3) is 4.98. The maximum absolute atomic E-state index is 13.6. The number of nitrogens with one attached hydrogen (secondary N) is 1. The monoisotopic (exact) mass is 285 g/mol. The van der Waals surface area contributed by atoms with Crippen LogP contribution < -0.4 is 5.32 Å². The fourth-order valence-corrected chi connectivity index (χ4v) is 2.63. The number of hydrogen-bond donors (Lipinski definition) is 1. The van der Waals surface area contributed by atoms with Gasteiger partial charge in [-0.15, -0.1) is 0 Å². The van der Waals surface area contributed by atoms with Crippen LogP contribution in [0.1, 0.15) is 36.5 Å². The zero-order valence-electron chi connectivity index (χ0n) is 13.1. The number of halogens is 1. The highest BCUT2D eigenvalue weighted by molar-refractivity contribution is 5.28. The molecule has 0 saturated carbocycles. The molecule has 0 aliphatic heterocycles. The van der Waals surface area contributed by atoms with Crippen molar-refractivity contribution in [1.29, 1.82) is 0 Å². The molecule has 0 saturated heterocycles. The zero-order valence-corrected chi connectivity index (χ0v) is 13.1. The van der Waals surface area contributed by atoms with E-state index in [-0.39, 0.29) is 5.82 Å². The number of aryl methyl sites for hydroxylation is 1. The van der Waals surface area contributed by atoms with E-state index in [0.717, 1.165) is 24.1 Å². The Kier molecular flexibility index (Phi) is 5.51. The zero-order chi connectivity index (χ0) is 15.2. The minimum absolute atomic E-state index is 0.145. The predicted molar refractivity (Wildman–Crippen MR) is 87.2 cm³/mol. The van der Waals surface area contributed by atoms with Crippen LogP contribution in [0.5, 0.6) is 0 Å². The summed E-state index contributed by atoms with van der Waals surface area (Å²) in [6, 6.07) is 16.2. The van der Waals surface area contributed by atoms with Gasteiger partial charge in [0.25, 0.3) is 0 Å². The van der Waals surface area contributed by atoms with Crippen LogP contribution >= 0.6 is 0 Å². The standard InChI is InChI=1S/C19H24FN/c1-14(2)21-13-18(17-7-5-4-6-8-17)11-16-9-15(3)10-19(20)12-16/h4-10,12,14,18,21H,11,13H2,1-3H3. The van der Waals surface area contributed by atoms with E-state index in [1.54, 1.807) is 12.1 Å². The van der Waals surface area contributed by atoms with E-state index in [1.807, 2.05) is 13.0 Å². The summed E-state index contributed by atoms with van der Waals surface area (Å²) in [6.07, 6.45) is 0.850. The van der Waals surface area contributed by atoms with Crippen LogP contribution in [-0.4, -0.2) is 12.6 Å². The Hall–Kier alpha value is -1.67. The Morgan fingerprint density at radius 1 is 1.05 bits per heavy atom. The van der Waals surface area contributed by atoms with Crippen LogP contribution in [0, 0.1) is 12.7 Å². The van der Waals surface area contributed by atoms with Crippen molar-refractivity contribution in [2.24, 2.45) is 0 Å². The predicted octanol–water partition coefficient (Wildman–Crippen LogP) is 4.46. The lowest BCUT2D eigenvalue weighted by Crippen LogP contribution is -2.29. The number of hydrogen-bond acceptors (Lipinski definition) is 1. The summed E-state index contributed by atoms with van der Waals surface area (Å²) in [5, 5.41) is 3.50.